The highest BCUT2D eigenvalue weighted by molar-refractivity contribution is 5.48. The molecule has 0 radical (unpaired) electrons. The Morgan fingerprint density at radius 1 is 1.00 bits per heavy atom. The Bertz CT molecular complexity index is 463. The fraction of sp³-hybridized carbons (Fsp3) is 0.647. The summed E-state index contributed by atoms with van der Waals surface area (Å²) < 4.78 is 13.9. The fourth-order valence-corrected chi connectivity index (χ4v) is 3.99. The van der Waals surface area contributed by atoms with Crippen molar-refractivity contribution in [3.8, 4) is 0 Å². The van der Waals surface area contributed by atoms with E-state index in [2.05, 4.69) is 9.80 Å². The zero-order chi connectivity index (χ0) is 14.7. The van der Waals surface area contributed by atoms with Gasteiger partial charge in [-0.1, -0.05) is 31.4 Å². The highest BCUT2D eigenvalue weighted by Gasteiger charge is 2.38. The summed E-state index contributed by atoms with van der Waals surface area (Å²) in [6.45, 7) is 4.52. The predicted molar refractivity (Wildman–Crippen MR) is 85.1 cm³/mol. The predicted octanol–water partition coefficient (Wildman–Crippen LogP) is 2.61. The van der Waals surface area contributed by atoms with Crippen molar-refractivity contribution in [3.05, 3.63) is 30.1 Å². The molecule has 2 N–H and O–H groups in total. The third-order valence-corrected chi connectivity index (χ3v) is 5.31. The van der Waals surface area contributed by atoms with Crippen LogP contribution in [-0.2, 0) is 0 Å². The Morgan fingerprint density at radius 2 is 1.67 bits per heavy atom. The van der Waals surface area contributed by atoms with E-state index in [4.69, 9.17) is 5.73 Å². The average molecular weight is 291 g/mol. The first kappa shape index (κ1) is 14.8. The van der Waals surface area contributed by atoms with Crippen molar-refractivity contribution in [2.24, 2.45) is 5.73 Å². The van der Waals surface area contributed by atoms with E-state index < -0.39 is 0 Å². The van der Waals surface area contributed by atoms with Gasteiger partial charge < -0.3 is 10.6 Å². The van der Waals surface area contributed by atoms with Crippen LogP contribution in [0, 0.1) is 5.82 Å². The van der Waals surface area contributed by atoms with E-state index in [1.807, 2.05) is 12.1 Å². The molecule has 1 aliphatic carbocycles. The van der Waals surface area contributed by atoms with Gasteiger partial charge in [0, 0.05) is 38.3 Å². The summed E-state index contributed by atoms with van der Waals surface area (Å²) in [5, 5.41) is 0. The van der Waals surface area contributed by atoms with E-state index in [9.17, 15) is 4.39 Å². The van der Waals surface area contributed by atoms with E-state index >= 15 is 0 Å². The van der Waals surface area contributed by atoms with Crippen LogP contribution in [0.5, 0.6) is 0 Å². The number of piperazine rings is 1. The van der Waals surface area contributed by atoms with Crippen LogP contribution in [0.1, 0.15) is 32.1 Å². The first-order valence-corrected chi connectivity index (χ1v) is 8.20. The van der Waals surface area contributed by atoms with Crippen LogP contribution in [0.15, 0.2) is 24.3 Å². The van der Waals surface area contributed by atoms with Crippen molar-refractivity contribution in [1.82, 2.24) is 4.90 Å². The smallest absolute Gasteiger partial charge is 0.146 e. The topological polar surface area (TPSA) is 32.5 Å². The number of anilines is 1. The molecule has 0 aromatic heterocycles. The Labute approximate surface area is 126 Å². The maximum absolute atomic E-state index is 13.9. The molecule has 1 saturated heterocycles. The van der Waals surface area contributed by atoms with Gasteiger partial charge in [-0.25, -0.2) is 4.39 Å². The summed E-state index contributed by atoms with van der Waals surface area (Å²) in [7, 11) is 0. The summed E-state index contributed by atoms with van der Waals surface area (Å²) in [6, 6.07) is 7.09. The number of rotatable bonds is 3. The van der Waals surface area contributed by atoms with Gasteiger partial charge in [-0.05, 0) is 25.0 Å². The van der Waals surface area contributed by atoms with E-state index in [0.717, 1.165) is 38.4 Å². The minimum absolute atomic E-state index is 0.114. The minimum atomic E-state index is -0.114. The van der Waals surface area contributed by atoms with Gasteiger partial charge in [-0.2, -0.15) is 0 Å². The fourth-order valence-electron chi connectivity index (χ4n) is 3.99. The Balaban J connectivity index is 1.66. The zero-order valence-corrected chi connectivity index (χ0v) is 12.7. The summed E-state index contributed by atoms with van der Waals surface area (Å²) in [5.41, 5.74) is 7.07. The largest absolute Gasteiger partial charge is 0.367 e. The number of para-hydroxylation sites is 1. The van der Waals surface area contributed by atoms with E-state index in [-0.39, 0.29) is 11.4 Å². The van der Waals surface area contributed by atoms with Gasteiger partial charge in [-0.3, -0.25) is 4.90 Å². The summed E-state index contributed by atoms with van der Waals surface area (Å²) in [5.74, 6) is -0.114. The number of benzene rings is 1. The van der Waals surface area contributed by atoms with Crippen LogP contribution in [0.4, 0.5) is 10.1 Å². The normalized spacial score (nSPS) is 23.2. The Hall–Kier alpha value is -1.13. The monoisotopic (exact) mass is 291 g/mol. The van der Waals surface area contributed by atoms with Crippen molar-refractivity contribution in [1.29, 1.82) is 0 Å². The maximum Gasteiger partial charge on any atom is 0.146 e. The van der Waals surface area contributed by atoms with Crippen molar-refractivity contribution in [2.75, 3.05) is 37.6 Å². The molecule has 0 atom stereocenters. The molecular formula is C17H26FN3. The molecule has 2 fully saturated rings. The Kier molecular flexibility index (Phi) is 4.45. The maximum atomic E-state index is 13.9. The molecule has 21 heavy (non-hydrogen) atoms. The molecule has 0 unspecified atom stereocenters. The molecule has 0 amide bonds. The molecule has 4 heteroatoms. The van der Waals surface area contributed by atoms with Crippen LogP contribution >= 0.6 is 0 Å². The van der Waals surface area contributed by atoms with Gasteiger partial charge in [-0.15, -0.1) is 0 Å². The van der Waals surface area contributed by atoms with Crippen molar-refractivity contribution in [3.63, 3.8) is 0 Å². The molecule has 1 heterocycles. The molecule has 0 bridgehead atoms. The van der Waals surface area contributed by atoms with E-state index in [0.29, 0.717) is 0 Å². The summed E-state index contributed by atoms with van der Waals surface area (Å²) in [4.78, 5) is 4.74. The van der Waals surface area contributed by atoms with Gasteiger partial charge in [0.05, 0.1) is 5.69 Å². The van der Waals surface area contributed by atoms with Crippen LogP contribution < -0.4 is 10.6 Å². The molecule has 1 aromatic rings. The molecule has 2 aliphatic rings. The lowest BCUT2D eigenvalue weighted by Crippen LogP contribution is -2.61. The van der Waals surface area contributed by atoms with Gasteiger partial charge in [0.1, 0.15) is 5.82 Å². The molecule has 3 nitrogen and oxygen atoms in total. The number of nitrogens with two attached hydrogens (primary N) is 1. The van der Waals surface area contributed by atoms with Gasteiger partial charge in [0.25, 0.3) is 0 Å². The molecular weight excluding hydrogens is 265 g/mol. The van der Waals surface area contributed by atoms with Gasteiger partial charge >= 0.3 is 0 Å². The van der Waals surface area contributed by atoms with Crippen LogP contribution in [0.25, 0.3) is 0 Å². The van der Waals surface area contributed by atoms with Crippen molar-refractivity contribution < 1.29 is 4.39 Å². The quantitative estimate of drug-likeness (QED) is 0.929. The highest BCUT2D eigenvalue weighted by Crippen LogP contribution is 2.34. The SMILES string of the molecule is NCC1(N2CCN(c3ccccc3F)CC2)CCCCC1. The lowest BCUT2D eigenvalue weighted by molar-refractivity contribution is 0.0518. The van der Waals surface area contributed by atoms with E-state index in [1.165, 1.54) is 32.1 Å². The van der Waals surface area contributed by atoms with Crippen LogP contribution in [0.2, 0.25) is 0 Å². The van der Waals surface area contributed by atoms with Crippen LogP contribution in [0.3, 0.4) is 0 Å². The van der Waals surface area contributed by atoms with Crippen molar-refractivity contribution in [2.45, 2.75) is 37.6 Å². The number of halogens is 1. The Morgan fingerprint density at radius 3 is 2.29 bits per heavy atom. The number of hydrogen-bond donors (Lipinski definition) is 1. The third kappa shape index (κ3) is 2.92. The first-order valence-electron chi connectivity index (χ1n) is 8.20. The standard InChI is InChI=1S/C17H26FN3/c18-15-6-2-3-7-16(15)20-10-12-21(13-11-20)17(14-19)8-4-1-5-9-17/h2-3,6-7H,1,4-5,8-14,19H2. The second-order valence-electron chi connectivity index (χ2n) is 6.41. The molecule has 1 aliphatic heterocycles. The van der Waals surface area contributed by atoms with Gasteiger partial charge in [0.15, 0.2) is 0 Å². The molecule has 116 valence electrons. The lowest BCUT2D eigenvalue weighted by Gasteiger charge is -2.49. The molecule has 1 saturated carbocycles. The zero-order valence-electron chi connectivity index (χ0n) is 12.7. The van der Waals surface area contributed by atoms with Crippen molar-refractivity contribution >= 4 is 5.69 Å². The van der Waals surface area contributed by atoms with E-state index in [1.54, 1.807) is 12.1 Å². The molecule has 1 aromatic carbocycles. The molecule has 3 rings (SSSR count). The third-order valence-electron chi connectivity index (χ3n) is 5.31. The number of hydrogen-bond acceptors (Lipinski definition) is 3. The van der Waals surface area contributed by atoms with Gasteiger partial charge in [0.2, 0.25) is 0 Å². The lowest BCUT2D eigenvalue weighted by atomic mass is 9.80. The summed E-state index contributed by atoms with van der Waals surface area (Å²) in [6.07, 6.45) is 6.39. The first-order chi connectivity index (χ1) is 10.2. The minimum Gasteiger partial charge on any atom is -0.367 e. The molecule has 0 spiro atoms. The summed E-state index contributed by atoms with van der Waals surface area (Å²) >= 11 is 0. The second kappa shape index (κ2) is 6.32. The average Bonchev–Trinajstić information content (AvgIpc) is 2.56. The highest BCUT2D eigenvalue weighted by atomic mass is 19.1. The number of nitrogens with zero attached hydrogens (tertiary/aromatic N) is 2. The van der Waals surface area contributed by atoms with Crippen LogP contribution in [-0.4, -0.2) is 43.2 Å². The second-order valence-corrected chi connectivity index (χ2v) is 6.41.